The highest BCUT2D eigenvalue weighted by atomic mass is 79.9. The third-order valence-corrected chi connectivity index (χ3v) is 2.59. The van der Waals surface area contributed by atoms with Gasteiger partial charge in [-0.2, -0.15) is 0 Å². The van der Waals surface area contributed by atoms with Crippen LogP contribution < -0.4 is 0 Å². The van der Waals surface area contributed by atoms with Gasteiger partial charge in [-0.1, -0.05) is 11.6 Å². The van der Waals surface area contributed by atoms with Gasteiger partial charge in [0.2, 0.25) is 0 Å². The first-order valence-corrected chi connectivity index (χ1v) is 5.49. The minimum Gasteiger partial charge on any atom is -0.394 e. The maximum atomic E-state index is 9.66. The molecule has 0 spiro atoms. The smallest absolute Gasteiger partial charge is 0.1000 e. The van der Waals surface area contributed by atoms with Gasteiger partial charge < -0.3 is 15.3 Å². The monoisotopic (exact) mass is 295 g/mol. The van der Waals surface area contributed by atoms with Gasteiger partial charge in [0.15, 0.2) is 0 Å². The van der Waals surface area contributed by atoms with Gasteiger partial charge in [-0.3, -0.25) is 4.98 Å². The molecule has 1 aromatic heterocycles. The molecule has 0 aromatic carbocycles. The molecule has 1 aromatic rings. The lowest BCUT2D eigenvalue weighted by molar-refractivity contribution is 0.0399. The molecule has 0 radical (unpaired) electrons. The van der Waals surface area contributed by atoms with E-state index in [0.29, 0.717) is 15.2 Å². The molecule has 2 atom stereocenters. The van der Waals surface area contributed by atoms with E-state index in [4.69, 9.17) is 21.8 Å². The van der Waals surface area contributed by atoms with Crippen molar-refractivity contribution in [2.75, 3.05) is 6.61 Å². The van der Waals surface area contributed by atoms with Crippen molar-refractivity contribution in [1.29, 1.82) is 0 Å². The van der Waals surface area contributed by atoms with Crippen LogP contribution in [0.1, 0.15) is 18.2 Å². The molecule has 6 heteroatoms. The van der Waals surface area contributed by atoms with Gasteiger partial charge in [0.1, 0.15) is 0 Å². The fourth-order valence-electron chi connectivity index (χ4n) is 1.11. The summed E-state index contributed by atoms with van der Waals surface area (Å²) in [6.07, 6.45) is -0.435. The zero-order valence-electron chi connectivity index (χ0n) is 7.77. The SMILES string of the molecule is OCC(O)CC(O)c1ncc(Br)cc1Cl. The van der Waals surface area contributed by atoms with Gasteiger partial charge in [0.25, 0.3) is 0 Å². The number of hydrogen-bond acceptors (Lipinski definition) is 4. The Morgan fingerprint density at radius 3 is 2.67 bits per heavy atom. The predicted octanol–water partition coefficient (Wildman–Crippen LogP) is 1.27. The molecule has 0 aliphatic carbocycles. The number of aliphatic hydroxyl groups is 3. The van der Waals surface area contributed by atoms with Crippen LogP contribution >= 0.6 is 27.5 Å². The Kier molecular flexibility index (Phi) is 4.95. The zero-order valence-corrected chi connectivity index (χ0v) is 10.1. The van der Waals surface area contributed by atoms with Crippen LogP contribution in [0.25, 0.3) is 0 Å². The van der Waals surface area contributed by atoms with E-state index in [1.807, 2.05) is 0 Å². The Balaban J connectivity index is 2.77. The van der Waals surface area contributed by atoms with E-state index in [9.17, 15) is 5.11 Å². The largest absolute Gasteiger partial charge is 0.394 e. The second-order valence-corrected chi connectivity index (χ2v) is 4.43. The lowest BCUT2D eigenvalue weighted by atomic mass is 10.1. The summed E-state index contributed by atoms with van der Waals surface area (Å²) < 4.78 is 0.714. The van der Waals surface area contributed by atoms with E-state index in [-0.39, 0.29) is 6.42 Å². The van der Waals surface area contributed by atoms with Gasteiger partial charge in [-0.05, 0) is 22.0 Å². The van der Waals surface area contributed by atoms with Crippen LogP contribution in [0.4, 0.5) is 0 Å². The average molecular weight is 297 g/mol. The van der Waals surface area contributed by atoms with Crippen molar-refractivity contribution >= 4 is 27.5 Å². The molecular formula is C9H11BrClNO3. The first-order chi connectivity index (χ1) is 7.04. The van der Waals surface area contributed by atoms with Crippen molar-refractivity contribution in [2.24, 2.45) is 0 Å². The number of rotatable bonds is 4. The summed E-state index contributed by atoms with van der Waals surface area (Å²) in [6.45, 7) is -0.398. The lowest BCUT2D eigenvalue weighted by Gasteiger charge is -2.14. The standard InChI is InChI=1S/C9H11BrClNO3/c10-5-1-7(11)9(12-3-5)8(15)2-6(14)4-13/h1,3,6,8,13-15H,2,4H2. The van der Waals surface area contributed by atoms with Gasteiger partial charge in [-0.25, -0.2) is 0 Å². The molecule has 0 aliphatic heterocycles. The summed E-state index contributed by atoms with van der Waals surface area (Å²) in [5, 5.41) is 27.7. The van der Waals surface area contributed by atoms with E-state index < -0.39 is 18.8 Å². The van der Waals surface area contributed by atoms with Crippen molar-refractivity contribution in [2.45, 2.75) is 18.6 Å². The number of hydrogen-bond donors (Lipinski definition) is 3. The van der Waals surface area contributed by atoms with Gasteiger partial charge in [0, 0.05) is 17.1 Å². The number of pyridine rings is 1. The summed E-state index contributed by atoms with van der Waals surface area (Å²) in [6, 6.07) is 1.61. The van der Waals surface area contributed by atoms with Crippen molar-refractivity contribution in [3.8, 4) is 0 Å². The molecule has 1 rings (SSSR count). The molecule has 15 heavy (non-hydrogen) atoms. The minimum absolute atomic E-state index is 0.00481. The van der Waals surface area contributed by atoms with Crippen molar-refractivity contribution < 1.29 is 15.3 Å². The van der Waals surface area contributed by atoms with Gasteiger partial charge in [-0.15, -0.1) is 0 Å². The average Bonchev–Trinajstić information content (AvgIpc) is 2.17. The van der Waals surface area contributed by atoms with Crippen LogP contribution in [0.15, 0.2) is 16.7 Å². The molecular weight excluding hydrogens is 285 g/mol. The molecule has 0 bridgehead atoms. The van der Waals surface area contributed by atoms with E-state index in [1.54, 1.807) is 6.07 Å². The Morgan fingerprint density at radius 1 is 1.47 bits per heavy atom. The highest BCUT2D eigenvalue weighted by Crippen LogP contribution is 2.26. The number of halogens is 2. The zero-order chi connectivity index (χ0) is 11.4. The Morgan fingerprint density at radius 2 is 2.13 bits per heavy atom. The fourth-order valence-corrected chi connectivity index (χ4v) is 1.87. The van der Waals surface area contributed by atoms with Crippen LogP contribution in [0.3, 0.4) is 0 Å². The van der Waals surface area contributed by atoms with E-state index in [0.717, 1.165) is 0 Å². The molecule has 1 heterocycles. The van der Waals surface area contributed by atoms with Crippen molar-refractivity contribution in [3.05, 3.63) is 27.5 Å². The molecule has 84 valence electrons. The first kappa shape index (κ1) is 12.9. The topological polar surface area (TPSA) is 73.6 Å². The minimum atomic E-state index is -0.979. The molecule has 4 nitrogen and oxygen atoms in total. The summed E-state index contributed by atoms with van der Waals surface area (Å²) >= 11 is 9.05. The normalized spacial score (nSPS) is 15.0. The number of aliphatic hydroxyl groups excluding tert-OH is 3. The van der Waals surface area contributed by atoms with Gasteiger partial charge >= 0.3 is 0 Å². The lowest BCUT2D eigenvalue weighted by Crippen LogP contribution is -2.17. The maximum Gasteiger partial charge on any atom is 0.1000 e. The summed E-state index contributed by atoms with van der Waals surface area (Å²) in [5.41, 5.74) is 0.298. The van der Waals surface area contributed by atoms with Crippen LogP contribution in [0, 0.1) is 0 Å². The summed E-state index contributed by atoms with van der Waals surface area (Å²) in [7, 11) is 0. The van der Waals surface area contributed by atoms with Gasteiger partial charge in [0.05, 0.1) is 29.5 Å². The van der Waals surface area contributed by atoms with E-state index in [1.165, 1.54) is 6.20 Å². The van der Waals surface area contributed by atoms with E-state index >= 15 is 0 Å². The molecule has 2 unspecified atom stereocenters. The van der Waals surface area contributed by atoms with Crippen molar-refractivity contribution in [1.82, 2.24) is 4.98 Å². The second kappa shape index (κ2) is 5.77. The van der Waals surface area contributed by atoms with Crippen LogP contribution in [0.5, 0.6) is 0 Å². The summed E-state index contributed by atoms with van der Waals surface area (Å²) in [5.74, 6) is 0. The summed E-state index contributed by atoms with van der Waals surface area (Å²) in [4.78, 5) is 3.94. The predicted molar refractivity (Wildman–Crippen MR) is 59.6 cm³/mol. The van der Waals surface area contributed by atoms with Crippen molar-refractivity contribution in [3.63, 3.8) is 0 Å². The number of aromatic nitrogens is 1. The Labute approximate surface area is 101 Å². The van der Waals surface area contributed by atoms with Crippen LogP contribution in [-0.4, -0.2) is 33.0 Å². The molecule has 0 fully saturated rings. The highest BCUT2D eigenvalue weighted by Gasteiger charge is 2.17. The second-order valence-electron chi connectivity index (χ2n) is 3.11. The van der Waals surface area contributed by atoms with Crippen LogP contribution in [-0.2, 0) is 0 Å². The third-order valence-electron chi connectivity index (χ3n) is 1.86. The maximum absolute atomic E-state index is 9.66. The molecule has 0 saturated carbocycles. The molecule has 3 N–H and O–H groups in total. The quantitative estimate of drug-likeness (QED) is 0.782. The third kappa shape index (κ3) is 3.70. The highest BCUT2D eigenvalue weighted by molar-refractivity contribution is 9.10. The molecule has 0 saturated heterocycles. The Bertz CT molecular complexity index is 337. The van der Waals surface area contributed by atoms with E-state index in [2.05, 4.69) is 20.9 Å². The first-order valence-electron chi connectivity index (χ1n) is 4.32. The van der Waals surface area contributed by atoms with Crippen LogP contribution in [0.2, 0.25) is 5.02 Å². The number of nitrogens with zero attached hydrogens (tertiary/aromatic N) is 1. The molecule has 0 amide bonds. The molecule has 0 aliphatic rings. The Hall–Kier alpha value is -0.200. The fraction of sp³-hybridized carbons (Fsp3) is 0.444.